The Morgan fingerprint density at radius 2 is 1.07 bits per heavy atom. The molecule has 0 aromatic carbocycles. The largest absolute Gasteiger partial charge is 0.481 e. The van der Waals surface area contributed by atoms with Crippen LogP contribution in [0.2, 0.25) is 0 Å². The maximum Gasteiger partial charge on any atom is 0.481 e. The molecule has 1 fully saturated rings. The maximum atomic E-state index is 12.9. The molecule has 424 valence electrons. The van der Waals surface area contributed by atoms with Gasteiger partial charge in [-0.15, -0.1) is 0 Å². The van der Waals surface area contributed by atoms with Crippen molar-refractivity contribution >= 4 is 33.4 Å². The van der Waals surface area contributed by atoms with E-state index in [9.17, 15) is 43.5 Å². The number of anilines is 1. The van der Waals surface area contributed by atoms with Gasteiger partial charge in [-0.1, -0.05) is 148 Å². The smallest absolute Gasteiger partial charge is 0.462 e. The first kappa shape index (κ1) is 67.3. The second-order valence-corrected chi connectivity index (χ2v) is 20.7. The van der Waals surface area contributed by atoms with E-state index >= 15 is 0 Å². The predicted molar refractivity (Wildman–Crippen MR) is 297 cm³/mol. The molecular weight excluding hydrogens is 1020 g/mol. The van der Waals surface area contributed by atoms with Crippen LogP contribution in [-0.4, -0.2) is 85.7 Å². The van der Waals surface area contributed by atoms with Gasteiger partial charge < -0.3 is 39.9 Å². The van der Waals surface area contributed by atoms with Gasteiger partial charge in [-0.3, -0.25) is 23.2 Å². The number of hydrogen-bond acceptors (Lipinski definition) is 15. The molecule has 1 saturated heterocycles. The zero-order valence-electron chi connectivity index (χ0n) is 44.5. The number of phosphoric acid groups is 2. The van der Waals surface area contributed by atoms with Crippen molar-refractivity contribution in [2.75, 3.05) is 25.6 Å². The predicted octanol–water partition coefficient (Wildman–Crippen LogP) is 11.6. The molecule has 3 unspecified atom stereocenters. The number of nitrogens with zero attached hydrogens (tertiary/aromatic N) is 2. The molecule has 0 bridgehead atoms. The normalized spacial score (nSPS) is 19.7. The minimum atomic E-state index is -5.45. The molecule has 1 aliphatic rings. The molecular formula is C56H85N3O15P2. The third kappa shape index (κ3) is 34.0. The number of unbranched alkanes of at least 4 members (excludes halogenated alkanes) is 6. The van der Waals surface area contributed by atoms with Crippen molar-refractivity contribution in [3.8, 4) is 0 Å². The summed E-state index contributed by atoms with van der Waals surface area (Å²) in [5.41, 5.74) is 4.58. The molecule has 18 nitrogen and oxygen atoms in total. The van der Waals surface area contributed by atoms with E-state index in [2.05, 4.69) is 145 Å². The van der Waals surface area contributed by atoms with E-state index in [-0.39, 0.29) is 18.7 Å². The number of nitrogen functional groups attached to an aromatic ring is 1. The van der Waals surface area contributed by atoms with Gasteiger partial charge in [0, 0.05) is 19.0 Å². The molecule has 7 atom stereocenters. The van der Waals surface area contributed by atoms with Gasteiger partial charge in [-0.25, -0.2) is 13.9 Å². The van der Waals surface area contributed by atoms with Crippen molar-refractivity contribution in [1.82, 2.24) is 9.55 Å². The summed E-state index contributed by atoms with van der Waals surface area (Å²) in [6.07, 6.45) is 51.3. The molecule has 1 aromatic rings. The highest BCUT2D eigenvalue weighted by Crippen LogP contribution is 2.60. The lowest BCUT2D eigenvalue weighted by Gasteiger charge is -2.21. The lowest BCUT2D eigenvalue weighted by Crippen LogP contribution is -2.36. The summed E-state index contributed by atoms with van der Waals surface area (Å²) in [5, 5.41) is 20.9. The van der Waals surface area contributed by atoms with Gasteiger partial charge in [-0.05, 0) is 109 Å². The van der Waals surface area contributed by atoms with Crippen molar-refractivity contribution in [3.63, 3.8) is 0 Å². The third-order valence-electron chi connectivity index (χ3n) is 11.0. The van der Waals surface area contributed by atoms with Crippen molar-refractivity contribution in [2.45, 2.75) is 173 Å². The first-order valence-corrected chi connectivity index (χ1v) is 29.5. The standard InChI is InChI=1S/C56H85N3O15P2/c1-3-5-7-9-11-13-15-17-19-21-23-25-27-29-31-33-35-37-39-41-51(60)69-45-48(72-52(61)42-40-38-36-34-32-30-28-26-24-22-20-18-16-14-12-10-8-6-4-2)46-70-75(65,66)74-76(67,68)71-47-49-53(62)54(63)55(73-49)59-44-43-50(57)58-56(59)64/h5-8,11-14,17-20,23-26,29-32,43-44,48-49,53-55,62-63H,3-4,9-10,15-16,21-22,27-28,33-42,45-47H2,1-2H3,(H,65,66)(H,67,68)(H2,57,58,64)/b7-5-,8-6-,13-11-,14-12-,19-17-,20-18-,25-23-,26-24-,31-29-,32-30-/t48-,49-,53+,54?,55-/m1/s1. The molecule has 2 heterocycles. The van der Waals surface area contributed by atoms with Gasteiger partial charge in [0.25, 0.3) is 0 Å². The van der Waals surface area contributed by atoms with E-state index in [1.807, 2.05) is 0 Å². The zero-order valence-corrected chi connectivity index (χ0v) is 46.3. The second kappa shape index (κ2) is 42.2. The molecule has 20 heteroatoms. The second-order valence-electron chi connectivity index (χ2n) is 17.6. The number of carbonyl (C=O) groups excluding carboxylic acids is 2. The highest BCUT2D eigenvalue weighted by molar-refractivity contribution is 7.61. The summed E-state index contributed by atoms with van der Waals surface area (Å²) in [7, 11) is -10.9. The van der Waals surface area contributed by atoms with Gasteiger partial charge >= 0.3 is 33.3 Å². The minimum Gasteiger partial charge on any atom is -0.462 e. The number of ether oxygens (including phenoxy) is 3. The Morgan fingerprint density at radius 1 is 0.632 bits per heavy atom. The van der Waals surface area contributed by atoms with Crippen molar-refractivity contribution in [3.05, 3.63) is 144 Å². The molecule has 6 N–H and O–H groups in total. The highest BCUT2D eigenvalue weighted by atomic mass is 31.3. The monoisotopic (exact) mass is 1100 g/mol. The van der Waals surface area contributed by atoms with Crippen LogP contribution in [0.5, 0.6) is 0 Å². The number of carbonyl (C=O) groups is 2. The van der Waals surface area contributed by atoms with Crippen molar-refractivity contribution in [2.24, 2.45) is 0 Å². The molecule has 1 aliphatic heterocycles. The Kier molecular flexibility index (Phi) is 37.4. The Hall–Kier alpha value is -4.84. The average Bonchev–Trinajstić information content (AvgIpc) is 3.66. The number of phosphoric ester groups is 2. The first-order chi connectivity index (χ1) is 36.7. The minimum absolute atomic E-state index is 0.00487. The van der Waals surface area contributed by atoms with Gasteiger partial charge in [0.1, 0.15) is 30.7 Å². The fourth-order valence-corrected chi connectivity index (χ4v) is 9.12. The molecule has 76 heavy (non-hydrogen) atoms. The summed E-state index contributed by atoms with van der Waals surface area (Å²) >= 11 is 0. The zero-order chi connectivity index (χ0) is 55.5. The van der Waals surface area contributed by atoms with E-state index in [1.165, 1.54) is 6.07 Å². The van der Waals surface area contributed by atoms with E-state index in [4.69, 9.17) is 29.0 Å². The molecule has 2 rings (SSSR count). The van der Waals surface area contributed by atoms with Gasteiger partial charge in [0.05, 0.1) is 13.2 Å². The Balaban J connectivity index is 1.82. The molecule has 0 aliphatic carbocycles. The molecule has 0 amide bonds. The Labute approximate surface area is 450 Å². The summed E-state index contributed by atoms with van der Waals surface area (Å²) in [4.78, 5) is 62.0. The fraction of sp³-hybridized carbons (Fsp3) is 0.536. The van der Waals surface area contributed by atoms with Crippen molar-refractivity contribution < 1.29 is 66.3 Å². The van der Waals surface area contributed by atoms with Crippen LogP contribution in [0.1, 0.15) is 148 Å². The maximum absolute atomic E-state index is 12.9. The quantitative estimate of drug-likeness (QED) is 0.0176. The molecule has 0 radical (unpaired) electrons. The number of esters is 2. The van der Waals surface area contributed by atoms with Crippen LogP contribution in [0.3, 0.4) is 0 Å². The topological polar surface area (TPSA) is 265 Å². The van der Waals surface area contributed by atoms with Crippen LogP contribution < -0.4 is 11.4 Å². The van der Waals surface area contributed by atoms with Gasteiger partial charge in [0.15, 0.2) is 12.3 Å². The fourth-order valence-electron chi connectivity index (χ4n) is 7.01. The Morgan fingerprint density at radius 3 is 1.53 bits per heavy atom. The number of hydrogen-bond donors (Lipinski definition) is 5. The first-order valence-electron chi connectivity index (χ1n) is 26.5. The van der Waals surface area contributed by atoms with E-state index in [0.717, 1.165) is 107 Å². The number of aliphatic hydroxyl groups excluding tert-OH is 2. The van der Waals surface area contributed by atoms with Crippen LogP contribution in [0.4, 0.5) is 5.82 Å². The molecule has 0 saturated carbocycles. The Bertz CT molecular complexity index is 2250. The lowest BCUT2D eigenvalue weighted by molar-refractivity contribution is -0.161. The van der Waals surface area contributed by atoms with Gasteiger partial charge in [0.2, 0.25) is 0 Å². The number of rotatable bonds is 42. The summed E-state index contributed by atoms with van der Waals surface area (Å²) in [5.74, 6) is -1.39. The molecule has 1 aromatic heterocycles. The number of aliphatic hydroxyl groups is 2. The molecule has 0 spiro atoms. The van der Waals surface area contributed by atoms with E-state index in [1.54, 1.807) is 0 Å². The number of allylic oxidation sites excluding steroid dienone is 20. The number of aromatic nitrogens is 2. The van der Waals surface area contributed by atoms with Crippen LogP contribution in [0, 0.1) is 0 Å². The van der Waals surface area contributed by atoms with Gasteiger partial charge in [-0.2, -0.15) is 9.29 Å². The number of nitrogens with two attached hydrogens (primary N) is 1. The van der Waals surface area contributed by atoms with Crippen LogP contribution >= 0.6 is 15.6 Å². The summed E-state index contributed by atoms with van der Waals surface area (Å²) in [6.45, 7) is 1.86. The highest BCUT2D eigenvalue weighted by Gasteiger charge is 2.46. The third-order valence-corrected chi connectivity index (χ3v) is 13.6. The van der Waals surface area contributed by atoms with Crippen LogP contribution in [0.15, 0.2) is 139 Å². The van der Waals surface area contributed by atoms with Crippen LogP contribution in [-0.2, 0) is 46.3 Å². The summed E-state index contributed by atoms with van der Waals surface area (Å²) in [6, 6.07) is 1.24. The average molecular weight is 1100 g/mol. The summed E-state index contributed by atoms with van der Waals surface area (Å²) < 4.78 is 56.8. The van der Waals surface area contributed by atoms with Crippen LogP contribution in [0.25, 0.3) is 0 Å². The van der Waals surface area contributed by atoms with E-state index in [0.29, 0.717) is 19.3 Å². The van der Waals surface area contributed by atoms with Crippen molar-refractivity contribution in [1.29, 1.82) is 0 Å². The van der Waals surface area contributed by atoms with E-state index < -0.39 is 83.7 Å². The SMILES string of the molecule is CC/C=C\C/C=C\C/C=C\C/C=C\C/C=C\CCCCCC(=O)OC[C@H](COP(=O)(O)OP(=O)(O)OC[C@H]1O[C@@H](n2ccc(N)nc2=O)C(O)[C@H]1O)OC(=O)CCCCC/C=C\C/C=C\C/C=C\C/C=C\C/C=C\CC. The lowest BCUT2D eigenvalue weighted by atomic mass is 10.1.